The van der Waals surface area contributed by atoms with Crippen LogP contribution in [0.4, 0.5) is 0 Å². The summed E-state index contributed by atoms with van der Waals surface area (Å²) in [4.78, 5) is 14.0. The first kappa shape index (κ1) is 15.7. The minimum Gasteiger partial charge on any atom is -0.369 e. The van der Waals surface area contributed by atoms with Crippen molar-refractivity contribution in [3.8, 4) is 0 Å². The zero-order valence-corrected chi connectivity index (χ0v) is 12.8. The molecule has 5 heteroatoms. The first-order chi connectivity index (χ1) is 9.57. The molecule has 1 amide bonds. The van der Waals surface area contributed by atoms with E-state index in [-0.39, 0.29) is 24.2 Å². The molecule has 2 saturated heterocycles. The average molecular weight is 284 g/mol. The van der Waals surface area contributed by atoms with Gasteiger partial charge in [-0.25, -0.2) is 0 Å². The molecular formula is C15H28N2O3. The summed E-state index contributed by atoms with van der Waals surface area (Å²) in [6, 6.07) is 0. The lowest BCUT2D eigenvalue weighted by Gasteiger charge is -2.36. The number of hydrogen-bond acceptors (Lipinski definition) is 4. The molecule has 0 aromatic rings. The molecule has 116 valence electrons. The van der Waals surface area contributed by atoms with Crippen molar-refractivity contribution in [3.63, 3.8) is 0 Å². The minimum atomic E-state index is -0.152. The van der Waals surface area contributed by atoms with Crippen molar-refractivity contribution < 1.29 is 14.3 Å². The summed E-state index contributed by atoms with van der Waals surface area (Å²) in [5, 5.41) is 3.33. The number of ether oxygens (including phenoxy) is 2. The molecule has 0 radical (unpaired) electrons. The Kier molecular flexibility index (Phi) is 5.81. The molecule has 2 aliphatic heterocycles. The van der Waals surface area contributed by atoms with Gasteiger partial charge in [0.25, 0.3) is 0 Å². The van der Waals surface area contributed by atoms with Crippen molar-refractivity contribution in [2.24, 2.45) is 0 Å². The van der Waals surface area contributed by atoms with E-state index in [2.05, 4.69) is 19.2 Å². The van der Waals surface area contributed by atoms with Gasteiger partial charge in [-0.05, 0) is 26.7 Å². The Hall–Kier alpha value is -0.650. The molecule has 0 bridgehead atoms. The van der Waals surface area contributed by atoms with Crippen LogP contribution in [0.25, 0.3) is 0 Å². The molecule has 0 aliphatic carbocycles. The summed E-state index contributed by atoms with van der Waals surface area (Å²) < 4.78 is 11.5. The molecule has 2 aliphatic rings. The lowest BCUT2D eigenvalue weighted by Crippen LogP contribution is -2.52. The van der Waals surface area contributed by atoms with Gasteiger partial charge in [0.05, 0.1) is 18.3 Å². The molecule has 0 aromatic heterocycles. The highest BCUT2D eigenvalue weighted by Gasteiger charge is 2.28. The predicted molar refractivity (Wildman–Crippen MR) is 77.7 cm³/mol. The van der Waals surface area contributed by atoms with E-state index < -0.39 is 0 Å². The van der Waals surface area contributed by atoms with Gasteiger partial charge in [0, 0.05) is 26.2 Å². The Balaban J connectivity index is 1.65. The molecule has 1 N–H and O–H groups in total. The fourth-order valence-corrected chi connectivity index (χ4v) is 2.85. The van der Waals surface area contributed by atoms with Gasteiger partial charge >= 0.3 is 0 Å². The van der Waals surface area contributed by atoms with Gasteiger partial charge in [-0.1, -0.05) is 12.8 Å². The fraction of sp³-hybridized carbons (Fsp3) is 0.933. The van der Waals surface area contributed by atoms with Crippen LogP contribution in [0.1, 0.15) is 39.5 Å². The number of hydrogen-bond donors (Lipinski definition) is 1. The molecule has 20 heavy (non-hydrogen) atoms. The molecule has 2 fully saturated rings. The van der Waals surface area contributed by atoms with E-state index in [1.165, 1.54) is 12.8 Å². The second kappa shape index (κ2) is 7.38. The van der Waals surface area contributed by atoms with E-state index in [1.807, 2.05) is 4.90 Å². The highest BCUT2D eigenvalue weighted by atomic mass is 16.5. The summed E-state index contributed by atoms with van der Waals surface area (Å²) in [5.74, 6) is 0.120. The Bertz CT molecular complexity index is 312. The SMILES string of the molecule is CC1(C)CNCC(COCC(=O)N2CCCCCC2)O1. The molecule has 0 spiro atoms. The Morgan fingerprint density at radius 2 is 2.00 bits per heavy atom. The fourth-order valence-electron chi connectivity index (χ4n) is 2.85. The first-order valence-corrected chi connectivity index (χ1v) is 7.81. The van der Waals surface area contributed by atoms with Crippen molar-refractivity contribution in [2.45, 2.75) is 51.2 Å². The number of nitrogens with zero attached hydrogens (tertiary/aromatic N) is 1. The first-order valence-electron chi connectivity index (χ1n) is 7.81. The van der Waals surface area contributed by atoms with E-state index in [1.54, 1.807) is 0 Å². The average Bonchev–Trinajstić information content (AvgIpc) is 2.66. The van der Waals surface area contributed by atoms with Crippen molar-refractivity contribution in [1.29, 1.82) is 0 Å². The quantitative estimate of drug-likeness (QED) is 0.842. The van der Waals surface area contributed by atoms with Crippen LogP contribution in [0, 0.1) is 0 Å². The van der Waals surface area contributed by atoms with Crippen LogP contribution < -0.4 is 5.32 Å². The van der Waals surface area contributed by atoms with Crippen molar-refractivity contribution >= 4 is 5.91 Å². The predicted octanol–water partition coefficient (Wildman–Crippen LogP) is 1.17. The van der Waals surface area contributed by atoms with Crippen LogP contribution in [0.3, 0.4) is 0 Å². The summed E-state index contributed by atoms with van der Waals surface area (Å²) in [7, 11) is 0. The van der Waals surface area contributed by atoms with Crippen LogP contribution >= 0.6 is 0 Å². The molecule has 1 unspecified atom stereocenters. The summed E-state index contributed by atoms with van der Waals surface area (Å²) >= 11 is 0. The molecule has 2 heterocycles. The van der Waals surface area contributed by atoms with E-state index in [9.17, 15) is 4.79 Å². The lowest BCUT2D eigenvalue weighted by molar-refractivity contribution is -0.143. The van der Waals surface area contributed by atoms with Crippen LogP contribution in [0.2, 0.25) is 0 Å². The normalized spacial score (nSPS) is 27.1. The summed E-state index contributed by atoms with van der Waals surface area (Å²) in [5.41, 5.74) is -0.152. The third-order valence-corrected chi connectivity index (χ3v) is 3.90. The molecular weight excluding hydrogens is 256 g/mol. The van der Waals surface area contributed by atoms with Gasteiger partial charge < -0.3 is 19.7 Å². The Labute approximate surface area is 122 Å². The number of rotatable bonds is 4. The number of amides is 1. The van der Waals surface area contributed by atoms with Gasteiger partial charge in [0.15, 0.2) is 0 Å². The lowest BCUT2D eigenvalue weighted by atomic mass is 10.1. The van der Waals surface area contributed by atoms with E-state index in [4.69, 9.17) is 9.47 Å². The second-order valence-corrected chi connectivity index (χ2v) is 6.44. The Morgan fingerprint density at radius 3 is 2.65 bits per heavy atom. The number of nitrogens with one attached hydrogen (secondary N) is 1. The third kappa shape index (κ3) is 5.04. The maximum atomic E-state index is 12.1. The minimum absolute atomic E-state index is 0.0377. The van der Waals surface area contributed by atoms with Gasteiger partial charge in [0.2, 0.25) is 5.91 Å². The molecule has 2 rings (SSSR count). The Morgan fingerprint density at radius 1 is 1.30 bits per heavy atom. The van der Waals surface area contributed by atoms with Crippen LogP contribution in [0.5, 0.6) is 0 Å². The van der Waals surface area contributed by atoms with Crippen molar-refractivity contribution in [1.82, 2.24) is 10.2 Å². The molecule has 0 aromatic carbocycles. The van der Waals surface area contributed by atoms with Crippen LogP contribution in [0.15, 0.2) is 0 Å². The van der Waals surface area contributed by atoms with E-state index >= 15 is 0 Å². The zero-order valence-electron chi connectivity index (χ0n) is 12.8. The molecule has 5 nitrogen and oxygen atoms in total. The molecule has 1 atom stereocenters. The van der Waals surface area contributed by atoms with Gasteiger partial charge in [-0.2, -0.15) is 0 Å². The standard InChI is InChI=1S/C15H28N2O3/c1-15(2)12-16-9-13(20-15)10-19-11-14(18)17-7-5-3-4-6-8-17/h13,16H,3-12H2,1-2H3. The summed E-state index contributed by atoms with van der Waals surface area (Å²) in [6.07, 6.45) is 4.75. The van der Waals surface area contributed by atoms with E-state index in [0.29, 0.717) is 6.61 Å². The maximum absolute atomic E-state index is 12.1. The van der Waals surface area contributed by atoms with Crippen molar-refractivity contribution in [3.05, 3.63) is 0 Å². The largest absolute Gasteiger partial charge is 0.369 e. The summed E-state index contributed by atoms with van der Waals surface area (Å²) in [6.45, 7) is 8.21. The van der Waals surface area contributed by atoms with Crippen LogP contribution in [-0.4, -0.2) is 61.9 Å². The smallest absolute Gasteiger partial charge is 0.248 e. The second-order valence-electron chi connectivity index (χ2n) is 6.44. The third-order valence-electron chi connectivity index (χ3n) is 3.90. The number of carbonyl (C=O) groups excluding carboxylic acids is 1. The highest BCUT2D eigenvalue weighted by Crippen LogP contribution is 2.15. The van der Waals surface area contributed by atoms with Crippen molar-refractivity contribution in [2.75, 3.05) is 39.4 Å². The van der Waals surface area contributed by atoms with Gasteiger partial charge in [0.1, 0.15) is 6.61 Å². The van der Waals surface area contributed by atoms with Crippen LogP contribution in [-0.2, 0) is 14.3 Å². The monoisotopic (exact) mass is 284 g/mol. The van der Waals surface area contributed by atoms with Gasteiger partial charge in [-0.15, -0.1) is 0 Å². The number of likely N-dealkylation sites (tertiary alicyclic amines) is 1. The number of carbonyl (C=O) groups is 1. The number of morpholine rings is 1. The molecule has 0 saturated carbocycles. The van der Waals surface area contributed by atoms with E-state index in [0.717, 1.165) is 39.0 Å². The maximum Gasteiger partial charge on any atom is 0.248 e. The van der Waals surface area contributed by atoms with Gasteiger partial charge in [-0.3, -0.25) is 4.79 Å². The topological polar surface area (TPSA) is 50.8 Å². The highest BCUT2D eigenvalue weighted by molar-refractivity contribution is 5.77. The zero-order chi connectivity index (χ0) is 14.4.